The molecule has 1 aliphatic rings. The van der Waals surface area contributed by atoms with E-state index in [4.69, 9.17) is 9.15 Å². The van der Waals surface area contributed by atoms with Crippen LogP contribution in [0.4, 0.5) is 0 Å². The Hall–Kier alpha value is -1.34. The van der Waals surface area contributed by atoms with Crippen LogP contribution in [-0.2, 0) is 9.53 Å². The summed E-state index contributed by atoms with van der Waals surface area (Å²) in [7, 11) is 0. The summed E-state index contributed by atoms with van der Waals surface area (Å²) in [5, 5.41) is 11.7. The zero-order chi connectivity index (χ0) is 14.7. The second-order valence-corrected chi connectivity index (χ2v) is 5.62. The van der Waals surface area contributed by atoms with E-state index in [1.807, 2.05) is 0 Å². The number of carbonyl (C=O) groups excluding carboxylic acids is 1. The minimum absolute atomic E-state index is 0.100. The van der Waals surface area contributed by atoms with Crippen LogP contribution >= 0.6 is 15.9 Å². The molecule has 110 valence electrons. The molecule has 0 saturated carbocycles. The van der Waals surface area contributed by atoms with Crippen molar-refractivity contribution >= 4 is 27.8 Å². The highest BCUT2D eigenvalue weighted by atomic mass is 79.9. The van der Waals surface area contributed by atoms with Gasteiger partial charge in [0.15, 0.2) is 10.4 Å². The Balaban J connectivity index is 1.99. The second-order valence-electron chi connectivity index (χ2n) is 4.90. The number of aryl methyl sites for hydroxylation is 1. The van der Waals surface area contributed by atoms with Gasteiger partial charge in [-0.15, -0.1) is 0 Å². The summed E-state index contributed by atoms with van der Waals surface area (Å²) in [6.07, 6.45) is 1.19. The smallest absolute Gasteiger partial charge is 0.326 e. The van der Waals surface area contributed by atoms with Gasteiger partial charge in [-0.1, -0.05) is 0 Å². The fraction of sp³-hybridized carbons (Fsp3) is 0.538. The highest BCUT2D eigenvalue weighted by Crippen LogP contribution is 2.21. The molecular weight excluding hydrogens is 330 g/mol. The lowest BCUT2D eigenvalue weighted by Gasteiger charge is -2.16. The van der Waals surface area contributed by atoms with E-state index in [-0.39, 0.29) is 11.7 Å². The van der Waals surface area contributed by atoms with E-state index in [0.29, 0.717) is 24.3 Å². The van der Waals surface area contributed by atoms with Crippen LogP contribution in [0.5, 0.6) is 0 Å². The van der Waals surface area contributed by atoms with Crippen molar-refractivity contribution in [2.75, 3.05) is 13.2 Å². The van der Waals surface area contributed by atoms with Crippen molar-refractivity contribution in [1.82, 2.24) is 5.32 Å². The predicted molar refractivity (Wildman–Crippen MR) is 73.6 cm³/mol. The number of carboxylic acids is 1. The SMILES string of the molecule is Cc1cc(C(=O)NC(CC2CCOC2)C(=O)O)oc1Br. The topological polar surface area (TPSA) is 88.8 Å². The summed E-state index contributed by atoms with van der Waals surface area (Å²) in [6.45, 7) is 2.98. The molecule has 0 spiro atoms. The number of amides is 1. The molecule has 2 rings (SSSR count). The van der Waals surface area contributed by atoms with E-state index >= 15 is 0 Å². The maximum atomic E-state index is 12.0. The minimum Gasteiger partial charge on any atom is -0.480 e. The van der Waals surface area contributed by atoms with E-state index in [9.17, 15) is 14.7 Å². The summed E-state index contributed by atoms with van der Waals surface area (Å²) < 4.78 is 10.9. The zero-order valence-electron chi connectivity index (χ0n) is 11.0. The highest BCUT2D eigenvalue weighted by molar-refractivity contribution is 9.10. The van der Waals surface area contributed by atoms with Crippen molar-refractivity contribution < 1.29 is 23.8 Å². The van der Waals surface area contributed by atoms with Gasteiger partial charge in [0.25, 0.3) is 5.91 Å². The molecule has 2 unspecified atom stereocenters. The molecule has 1 fully saturated rings. The standard InChI is InChI=1S/C13H16BrNO5/c1-7-4-10(20-11(7)14)12(16)15-9(13(17)18)5-8-2-3-19-6-8/h4,8-9H,2-3,5-6H2,1H3,(H,15,16)(H,17,18). The van der Waals surface area contributed by atoms with Gasteiger partial charge in [-0.25, -0.2) is 4.79 Å². The normalized spacial score (nSPS) is 19.8. The number of carboxylic acid groups (broad SMARTS) is 1. The average Bonchev–Trinajstić information content (AvgIpc) is 2.99. The van der Waals surface area contributed by atoms with E-state index in [2.05, 4.69) is 21.2 Å². The van der Waals surface area contributed by atoms with Gasteiger partial charge in [-0.2, -0.15) is 0 Å². The van der Waals surface area contributed by atoms with Gasteiger partial charge in [0.05, 0.1) is 0 Å². The minimum atomic E-state index is -1.05. The Morgan fingerprint density at radius 1 is 1.60 bits per heavy atom. The summed E-state index contributed by atoms with van der Waals surface area (Å²) in [5.74, 6) is -1.30. The molecule has 2 heterocycles. The van der Waals surface area contributed by atoms with Crippen molar-refractivity contribution in [2.24, 2.45) is 5.92 Å². The molecule has 1 saturated heterocycles. The Morgan fingerprint density at radius 3 is 2.85 bits per heavy atom. The summed E-state index contributed by atoms with van der Waals surface area (Å²) in [5.41, 5.74) is 0.784. The highest BCUT2D eigenvalue weighted by Gasteiger charge is 2.28. The first-order valence-electron chi connectivity index (χ1n) is 6.34. The average molecular weight is 346 g/mol. The molecule has 1 amide bonds. The first-order chi connectivity index (χ1) is 9.47. The number of carbonyl (C=O) groups is 2. The number of hydrogen-bond acceptors (Lipinski definition) is 4. The van der Waals surface area contributed by atoms with Gasteiger partial charge in [0.2, 0.25) is 0 Å². The predicted octanol–water partition coefficient (Wildman–Crippen LogP) is 1.96. The molecule has 7 heteroatoms. The van der Waals surface area contributed by atoms with Crippen LogP contribution in [0.15, 0.2) is 15.2 Å². The number of hydrogen-bond donors (Lipinski definition) is 2. The van der Waals surface area contributed by atoms with Crippen molar-refractivity contribution in [1.29, 1.82) is 0 Å². The molecule has 0 aliphatic carbocycles. The lowest BCUT2D eigenvalue weighted by Crippen LogP contribution is -2.42. The van der Waals surface area contributed by atoms with Crippen molar-refractivity contribution in [3.05, 3.63) is 22.1 Å². The largest absolute Gasteiger partial charge is 0.480 e. The van der Waals surface area contributed by atoms with Crippen LogP contribution in [0.25, 0.3) is 0 Å². The third-order valence-corrected chi connectivity index (χ3v) is 4.06. The van der Waals surface area contributed by atoms with E-state index < -0.39 is 17.9 Å². The molecule has 0 bridgehead atoms. The van der Waals surface area contributed by atoms with E-state index in [0.717, 1.165) is 12.0 Å². The first kappa shape index (κ1) is 15.1. The molecule has 0 radical (unpaired) electrons. The summed E-state index contributed by atoms with van der Waals surface area (Å²) in [6, 6.07) is 0.634. The number of nitrogens with one attached hydrogen (secondary N) is 1. The summed E-state index contributed by atoms with van der Waals surface area (Å²) >= 11 is 3.17. The Morgan fingerprint density at radius 2 is 2.35 bits per heavy atom. The first-order valence-corrected chi connectivity index (χ1v) is 7.14. The molecular formula is C13H16BrNO5. The number of ether oxygens (including phenoxy) is 1. The fourth-order valence-corrected chi connectivity index (χ4v) is 2.41. The molecule has 1 aromatic rings. The monoisotopic (exact) mass is 345 g/mol. The Labute approximate surface area is 124 Å². The van der Waals surface area contributed by atoms with Crippen LogP contribution < -0.4 is 5.32 Å². The number of halogens is 1. The number of furan rings is 1. The second kappa shape index (κ2) is 6.41. The molecule has 0 aromatic carbocycles. The number of rotatable bonds is 5. The third kappa shape index (κ3) is 3.61. The third-order valence-electron chi connectivity index (χ3n) is 3.28. The van der Waals surface area contributed by atoms with Crippen LogP contribution in [0, 0.1) is 12.8 Å². The van der Waals surface area contributed by atoms with Gasteiger partial charge in [-0.05, 0) is 47.7 Å². The summed E-state index contributed by atoms with van der Waals surface area (Å²) in [4.78, 5) is 23.2. The maximum absolute atomic E-state index is 12.0. The fourth-order valence-electron chi connectivity index (χ4n) is 2.13. The van der Waals surface area contributed by atoms with Crippen LogP contribution in [0.1, 0.15) is 29.0 Å². The molecule has 2 N–H and O–H groups in total. The van der Waals surface area contributed by atoms with Crippen LogP contribution in [0.3, 0.4) is 0 Å². The molecule has 20 heavy (non-hydrogen) atoms. The lowest BCUT2D eigenvalue weighted by atomic mass is 9.99. The molecule has 6 nitrogen and oxygen atoms in total. The van der Waals surface area contributed by atoms with Crippen LogP contribution in [-0.4, -0.2) is 36.2 Å². The van der Waals surface area contributed by atoms with Crippen molar-refractivity contribution in [3.63, 3.8) is 0 Å². The van der Waals surface area contributed by atoms with E-state index in [1.54, 1.807) is 13.0 Å². The Kier molecular flexibility index (Phi) is 4.82. The van der Waals surface area contributed by atoms with Gasteiger partial charge >= 0.3 is 5.97 Å². The maximum Gasteiger partial charge on any atom is 0.326 e. The van der Waals surface area contributed by atoms with Crippen molar-refractivity contribution in [2.45, 2.75) is 25.8 Å². The van der Waals surface area contributed by atoms with Crippen molar-refractivity contribution in [3.8, 4) is 0 Å². The van der Waals surface area contributed by atoms with Gasteiger partial charge in [-0.3, -0.25) is 4.79 Å². The van der Waals surface area contributed by atoms with Gasteiger partial charge in [0, 0.05) is 18.8 Å². The Bertz CT molecular complexity index is 487. The lowest BCUT2D eigenvalue weighted by molar-refractivity contribution is -0.139. The molecule has 2 atom stereocenters. The van der Waals surface area contributed by atoms with Gasteiger partial charge < -0.3 is 19.6 Å². The van der Waals surface area contributed by atoms with E-state index in [1.165, 1.54) is 0 Å². The zero-order valence-corrected chi connectivity index (χ0v) is 12.6. The van der Waals surface area contributed by atoms with Crippen LogP contribution in [0.2, 0.25) is 0 Å². The van der Waals surface area contributed by atoms with Gasteiger partial charge in [0.1, 0.15) is 6.04 Å². The molecule has 1 aliphatic heterocycles. The molecule has 1 aromatic heterocycles. The quantitative estimate of drug-likeness (QED) is 0.851. The number of aliphatic carboxylic acids is 1.